The van der Waals surface area contributed by atoms with Crippen molar-refractivity contribution in [3.63, 3.8) is 0 Å². The highest BCUT2D eigenvalue weighted by molar-refractivity contribution is 8.00. The largest absolute Gasteiger partial charge is 0.308 e. The molecule has 2 aromatic carbocycles. The van der Waals surface area contributed by atoms with E-state index in [4.69, 9.17) is 0 Å². The van der Waals surface area contributed by atoms with Crippen molar-refractivity contribution < 1.29 is 4.79 Å². The Morgan fingerprint density at radius 2 is 1.82 bits per heavy atom. The Morgan fingerprint density at radius 3 is 2.52 bits per heavy atom. The van der Waals surface area contributed by atoms with Crippen molar-refractivity contribution in [2.45, 2.75) is 62.6 Å². The average molecular weight is 464 g/mol. The zero-order valence-electron chi connectivity index (χ0n) is 20.1. The van der Waals surface area contributed by atoms with E-state index in [9.17, 15) is 4.79 Å². The first-order valence-corrected chi connectivity index (χ1v) is 12.5. The Kier molecular flexibility index (Phi) is 7.20. The topological polar surface area (TPSA) is 54.3 Å². The number of amides is 1. The number of benzene rings is 2. The number of carbonyl (C=O) groups is 1. The fourth-order valence-corrected chi connectivity index (χ4v) is 5.54. The number of fused-ring (bicyclic) bond motifs is 1. The smallest absolute Gasteiger partial charge is 0.240 e. The molecule has 0 spiro atoms. The number of hydrogen-bond donors (Lipinski definition) is 0. The lowest BCUT2D eigenvalue weighted by Gasteiger charge is -2.26. The van der Waals surface area contributed by atoms with E-state index >= 15 is 0 Å². The van der Waals surface area contributed by atoms with Gasteiger partial charge in [0.25, 0.3) is 0 Å². The molecule has 0 N–H and O–H groups in total. The molecule has 0 aliphatic carbocycles. The quantitative estimate of drug-likeness (QED) is 0.449. The standard InChI is InChI=1S/C26H33N5OS/c1-6-22(29(4)5)24-27-28-26(30(24)17-20-12-8-7-9-13-20)33-19(3)25(32)31-18(2)16-21-14-10-11-15-23(21)31/h7-15,18-19,22H,6,16-17H2,1-5H3/t18-,19+,22+/m0/s1. The Bertz CT molecular complexity index is 1100. The molecule has 0 bridgehead atoms. The Balaban J connectivity index is 1.62. The van der Waals surface area contributed by atoms with Crippen LogP contribution in [0.4, 0.5) is 5.69 Å². The van der Waals surface area contributed by atoms with E-state index in [-0.39, 0.29) is 23.2 Å². The zero-order chi connectivity index (χ0) is 23.5. The Morgan fingerprint density at radius 1 is 1.12 bits per heavy atom. The van der Waals surface area contributed by atoms with Crippen molar-refractivity contribution in [2.75, 3.05) is 19.0 Å². The molecule has 33 heavy (non-hydrogen) atoms. The number of thioether (sulfide) groups is 1. The molecule has 1 aliphatic rings. The first-order valence-electron chi connectivity index (χ1n) is 11.6. The van der Waals surface area contributed by atoms with Gasteiger partial charge >= 0.3 is 0 Å². The minimum absolute atomic E-state index is 0.118. The van der Waals surface area contributed by atoms with Crippen molar-refractivity contribution >= 4 is 23.4 Å². The molecule has 174 valence electrons. The van der Waals surface area contributed by atoms with E-state index in [1.54, 1.807) is 0 Å². The average Bonchev–Trinajstić information content (AvgIpc) is 3.34. The predicted octanol–water partition coefficient (Wildman–Crippen LogP) is 4.80. The summed E-state index contributed by atoms with van der Waals surface area (Å²) in [6, 6.07) is 18.9. The fraction of sp³-hybridized carbons (Fsp3) is 0.423. The summed E-state index contributed by atoms with van der Waals surface area (Å²) in [5.74, 6) is 1.06. The molecule has 1 amide bonds. The molecule has 0 saturated carbocycles. The molecule has 1 aliphatic heterocycles. The first-order chi connectivity index (χ1) is 15.9. The lowest BCUT2D eigenvalue weighted by molar-refractivity contribution is -0.118. The van der Waals surface area contributed by atoms with Gasteiger partial charge in [-0.3, -0.25) is 9.69 Å². The van der Waals surface area contributed by atoms with E-state index in [0.717, 1.165) is 29.5 Å². The van der Waals surface area contributed by atoms with Crippen LogP contribution in [0.1, 0.15) is 50.2 Å². The minimum Gasteiger partial charge on any atom is -0.308 e. The van der Waals surface area contributed by atoms with Crippen molar-refractivity contribution in [2.24, 2.45) is 0 Å². The molecule has 2 heterocycles. The van der Waals surface area contributed by atoms with Crippen LogP contribution in [0.25, 0.3) is 0 Å². The van der Waals surface area contributed by atoms with E-state index in [1.807, 2.05) is 48.2 Å². The van der Waals surface area contributed by atoms with Crippen LogP contribution in [0.2, 0.25) is 0 Å². The van der Waals surface area contributed by atoms with Gasteiger partial charge in [0, 0.05) is 11.7 Å². The maximum absolute atomic E-state index is 13.5. The summed E-state index contributed by atoms with van der Waals surface area (Å²) < 4.78 is 2.18. The maximum atomic E-state index is 13.5. The Hall–Kier alpha value is -2.64. The number of hydrogen-bond acceptors (Lipinski definition) is 5. The van der Waals surface area contributed by atoms with Gasteiger partial charge in [-0.2, -0.15) is 0 Å². The maximum Gasteiger partial charge on any atom is 0.240 e. The van der Waals surface area contributed by atoms with Crippen molar-refractivity contribution in [1.29, 1.82) is 0 Å². The van der Waals surface area contributed by atoms with Crippen LogP contribution in [0.5, 0.6) is 0 Å². The van der Waals surface area contributed by atoms with Crippen LogP contribution in [-0.2, 0) is 17.8 Å². The van der Waals surface area contributed by atoms with Gasteiger partial charge in [-0.25, -0.2) is 0 Å². The van der Waals surface area contributed by atoms with Crippen LogP contribution < -0.4 is 4.90 Å². The molecule has 0 radical (unpaired) electrons. The lowest BCUT2D eigenvalue weighted by Crippen LogP contribution is -2.40. The lowest BCUT2D eigenvalue weighted by atomic mass is 10.1. The molecule has 0 fully saturated rings. The van der Waals surface area contributed by atoms with Gasteiger partial charge in [0.1, 0.15) is 0 Å². The van der Waals surface area contributed by atoms with Crippen LogP contribution >= 0.6 is 11.8 Å². The number of aromatic nitrogens is 3. The van der Waals surface area contributed by atoms with Gasteiger partial charge in [0.2, 0.25) is 5.91 Å². The van der Waals surface area contributed by atoms with E-state index in [1.165, 1.54) is 22.9 Å². The van der Waals surface area contributed by atoms with E-state index in [2.05, 4.69) is 65.8 Å². The Labute approximate surface area is 201 Å². The van der Waals surface area contributed by atoms with E-state index < -0.39 is 0 Å². The van der Waals surface area contributed by atoms with Gasteiger partial charge in [0.05, 0.1) is 17.8 Å². The minimum atomic E-state index is -0.274. The van der Waals surface area contributed by atoms with Crippen LogP contribution in [0, 0.1) is 0 Å². The third kappa shape index (κ3) is 4.84. The van der Waals surface area contributed by atoms with Crippen LogP contribution in [-0.4, -0.2) is 51.0 Å². The molecule has 1 aromatic heterocycles. The summed E-state index contributed by atoms with van der Waals surface area (Å²) >= 11 is 1.50. The number of anilines is 1. The number of rotatable bonds is 8. The van der Waals surface area contributed by atoms with E-state index in [0.29, 0.717) is 6.54 Å². The summed E-state index contributed by atoms with van der Waals surface area (Å²) in [6.45, 7) is 6.94. The second-order valence-electron chi connectivity index (χ2n) is 8.95. The molecular formula is C26H33N5OS. The molecule has 3 atom stereocenters. The molecule has 0 unspecified atom stereocenters. The first kappa shape index (κ1) is 23.5. The highest BCUT2D eigenvalue weighted by atomic mass is 32.2. The van der Waals surface area contributed by atoms with Gasteiger partial charge in [0.15, 0.2) is 11.0 Å². The summed E-state index contributed by atoms with van der Waals surface area (Å²) in [6.07, 6.45) is 1.83. The summed E-state index contributed by atoms with van der Waals surface area (Å²) in [5.41, 5.74) is 3.46. The van der Waals surface area contributed by atoms with Gasteiger partial charge in [-0.1, -0.05) is 67.2 Å². The fourth-order valence-electron chi connectivity index (χ4n) is 4.63. The monoisotopic (exact) mass is 463 g/mol. The van der Waals surface area contributed by atoms with Crippen LogP contribution in [0.3, 0.4) is 0 Å². The van der Waals surface area contributed by atoms with Crippen molar-refractivity contribution in [3.8, 4) is 0 Å². The number of para-hydroxylation sites is 1. The number of carbonyl (C=O) groups excluding carboxylic acids is 1. The third-order valence-corrected chi connectivity index (χ3v) is 7.38. The number of nitrogens with zero attached hydrogens (tertiary/aromatic N) is 5. The SMILES string of the molecule is CC[C@H](c1nnc(S[C@H](C)C(=O)N2c3ccccc3C[C@@H]2C)n1Cc1ccccc1)N(C)C. The summed E-state index contributed by atoms with van der Waals surface area (Å²) in [4.78, 5) is 17.7. The third-order valence-electron chi connectivity index (χ3n) is 6.31. The van der Waals surface area contributed by atoms with Gasteiger partial charge in [-0.05, 0) is 58.0 Å². The van der Waals surface area contributed by atoms with Crippen molar-refractivity contribution in [1.82, 2.24) is 19.7 Å². The van der Waals surface area contributed by atoms with Gasteiger partial charge < -0.3 is 9.47 Å². The highest BCUT2D eigenvalue weighted by Gasteiger charge is 2.34. The molecule has 4 rings (SSSR count). The summed E-state index contributed by atoms with van der Waals surface area (Å²) in [7, 11) is 4.14. The second-order valence-corrected chi connectivity index (χ2v) is 10.3. The molecule has 3 aromatic rings. The summed E-state index contributed by atoms with van der Waals surface area (Å²) in [5, 5.41) is 9.66. The van der Waals surface area contributed by atoms with Crippen LogP contribution in [0.15, 0.2) is 59.8 Å². The second kappa shape index (κ2) is 10.1. The normalized spacial score (nSPS) is 17.3. The highest BCUT2D eigenvalue weighted by Crippen LogP contribution is 2.35. The molecule has 0 saturated heterocycles. The predicted molar refractivity (Wildman–Crippen MR) is 135 cm³/mol. The molecule has 6 nitrogen and oxygen atoms in total. The molecule has 7 heteroatoms. The van der Waals surface area contributed by atoms with Crippen molar-refractivity contribution in [3.05, 3.63) is 71.5 Å². The van der Waals surface area contributed by atoms with Gasteiger partial charge in [-0.15, -0.1) is 10.2 Å². The zero-order valence-corrected chi connectivity index (χ0v) is 20.9. The molecular weight excluding hydrogens is 430 g/mol.